The van der Waals surface area contributed by atoms with Crippen LogP contribution in [-0.2, 0) is 5.75 Å². The smallest absolute Gasteiger partial charge is 0.325 e. The zero-order valence-electron chi connectivity index (χ0n) is 15.4. The first-order chi connectivity index (χ1) is 14.0. The summed E-state index contributed by atoms with van der Waals surface area (Å²) in [5.74, 6) is 2.39. The minimum Gasteiger partial charge on any atom is -0.493 e. The van der Waals surface area contributed by atoms with Gasteiger partial charge in [0.2, 0.25) is 5.13 Å². The normalized spacial score (nSPS) is 10.6. The van der Waals surface area contributed by atoms with Crippen molar-refractivity contribution in [2.24, 2.45) is 0 Å². The van der Waals surface area contributed by atoms with E-state index in [1.54, 1.807) is 30.0 Å². The number of thioether (sulfide) groups is 1. The summed E-state index contributed by atoms with van der Waals surface area (Å²) in [6.07, 6.45) is 0. The number of carbonyl (C=O) groups excluding carboxylic acids is 1. The van der Waals surface area contributed by atoms with Crippen molar-refractivity contribution >= 4 is 63.2 Å². The van der Waals surface area contributed by atoms with Crippen LogP contribution in [0.2, 0.25) is 10.0 Å². The number of aromatic nitrogens is 2. The number of anilines is 2. The molecule has 0 aliphatic heterocycles. The van der Waals surface area contributed by atoms with Crippen molar-refractivity contribution in [1.29, 1.82) is 0 Å². The second-order valence-electron chi connectivity index (χ2n) is 5.92. The molecule has 3 aromatic rings. The first kappa shape index (κ1) is 21.7. The molecule has 1 heterocycles. The van der Waals surface area contributed by atoms with Crippen molar-refractivity contribution in [2.75, 3.05) is 23.0 Å². The molecule has 0 unspecified atom stereocenters. The van der Waals surface area contributed by atoms with Crippen LogP contribution >= 0.6 is 46.3 Å². The summed E-state index contributed by atoms with van der Waals surface area (Å²) in [4.78, 5) is 12.1. The van der Waals surface area contributed by atoms with E-state index in [0.29, 0.717) is 33.2 Å². The molecule has 152 valence electrons. The Morgan fingerprint density at radius 3 is 2.69 bits per heavy atom. The predicted molar refractivity (Wildman–Crippen MR) is 122 cm³/mol. The highest BCUT2D eigenvalue weighted by molar-refractivity contribution is 7.98. The molecule has 6 nitrogen and oxygen atoms in total. The molecule has 0 aliphatic carbocycles. The number of halogens is 2. The molecule has 0 spiro atoms. The minimum atomic E-state index is -0.448. The number of carbonyl (C=O) groups is 1. The molecule has 2 aromatic carbocycles. The van der Waals surface area contributed by atoms with Gasteiger partial charge in [0.25, 0.3) is 0 Å². The number of amides is 2. The zero-order valence-corrected chi connectivity index (χ0v) is 18.6. The Morgan fingerprint density at radius 2 is 1.93 bits per heavy atom. The molecule has 2 N–H and O–H groups in total. The summed E-state index contributed by atoms with van der Waals surface area (Å²) in [7, 11) is 0. The van der Waals surface area contributed by atoms with Gasteiger partial charge in [-0.2, -0.15) is 11.8 Å². The second kappa shape index (κ2) is 10.7. The van der Waals surface area contributed by atoms with Crippen LogP contribution in [0, 0.1) is 6.92 Å². The van der Waals surface area contributed by atoms with E-state index < -0.39 is 6.03 Å². The third kappa shape index (κ3) is 7.08. The van der Waals surface area contributed by atoms with Gasteiger partial charge in [0.05, 0.1) is 17.3 Å². The number of rotatable bonds is 8. The van der Waals surface area contributed by atoms with Crippen molar-refractivity contribution in [3.05, 3.63) is 63.1 Å². The van der Waals surface area contributed by atoms with Gasteiger partial charge in [0.1, 0.15) is 10.8 Å². The standard InChI is InChI=1S/C19H18Cl2N4O2S2/c1-12-2-5-14(6-3-12)27-8-9-28-11-17-24-25-19(29-17)23-18(26)22-16-7-4-13(20)10-15(16)21/h2-7,10H,8-9,11H2,1H3,(H2,22,23,25,26). The summed E-state index contributed by atoms with van der Waals surface area (Å²) in [6, 6.07) is 12.4. The maximum atomic E-state index is 12.1. The fourth-order valence-electron chi connectivity index (χ4n) is 2.22. The van der Waals surface area contributed by atoms with Crippen molar-refractivity contribution in [2.45, 2.75) is 12.7 Å². The number of nitrogens with one attached hydrogen (secondary N) is 2. The van der Waals surface area contributed by atoms with Crippen molar-refractivity contribution < 1.29 is 9.53 Å². The van der Waals surface area contributed by atoms with E-state index >= 15 is 0 Å². The van der Waals surface area contributed by atoms with Crippen LogP contribution in [0.15, 0.2) is 42.5 Å². The molecule has 0 saturated heterocycles. The van der Waals surface area contributed by atoms with Crippen LogP contribution in [0.25, 0.3) is 0 Å². The van der Waals surface area contributed by atoms with Crippen LogP contribution in [0.4, 0.5) is 15.6 Å². The van der Waals surface area contributed by atoms with E-state index in [1.807, 2.05) is 31.2 Å². The Bertz CT molecular complexity index is 967. The second-order valence-corrected chi connectivity index (χ2v) is 8.93. The van der Waals surface area contributed by atoms with Gasteiger partial charge in [-0.15, -0.1) is 10.2 Å². The lowest BCUT2D eigenvalue weighted by Crippen LogP contribution is -2.19. The lowest BCUT2D eigenvalue weighted by atomic mass is 10.2. The highest BCUT2D eigenvalue weighted by atomic mass is 35.5. The molecule has 2 amide bonds. The van der Waals surface area contributed by atoms with Crippen LogP contribution in [0.3, 0.4) is 0 Å². The minimum absolute atomic E-state index is 0.356. The molecular weight excluding hydrogens is 451 g/mol. The van der Waals surface area contributed by atoms with Gasteiger partial charge < -0.3 is 10.1 Å². The molecule has 0 bridgehead atoms. The Labute approximate surface area is 187 Å². The highest BCUT2D eigenvalue weighted by Gasteiger charge is 2.10. The summed E-state index contributed by atoms with van der Waals surface area (Å²) in [6.45, 7) is 2.66. The fourth-order valence-corrected chi connectivity index (χ4v) is 4.27. The number of ether oxygens (including phenoxy) is 1. The third-order valence-corrected chi connectivity index (χ3v) is 6.11. The van der Waals surface area contributed by atoms with E-state index in [-0.39, 0.29) is 0 Å². The lowest BCUT2D eigenvalue weighted by Gasteiger charge is -2.07. The maximum Gasteiger partial charge on any atom is 0.325 e. The Hall–Kier alpha value is -2.00. The number of nitrogens with zero attached hydrogens (tertiary/aromatic N) is 2. The van der Waals surface area contributed by atoms with Gasteiger partial charge in [0.15, 0.2) is 0 Å². The van der Waals surface area contributed by atoms with Crippen molar-refractivity contribution in [3.63, 3.8) is 0 Å². The Balaban J connectivity index is 1.38. The molecule has 0 radical (unpaired) electrons. The number of benzene rings is 2. The first-order valence-electron chi connectivity index (χ1n) is 8.62. The van der Waals surface area contributed by atoms with Gasteiger partial charge in [0, 0.05) is 16.5 Å². The average Bonchev–Trinajstić information content (AvgIpc) is 3.12. The molecule has 10 heteroatoms. The van der Waals surface area contributed by atoms with E-state index in [9.17, 15) is 4.79 Å². The summed E-state index contributed by atoms with van der Waals surface area (Å²) < 4.78 is 5.69. The quantitative estimate of drug-likeness (QED) is 0.390. The van der Waals surface area contributed by atoms with Crippen LogP contribution in [0.1, 0.15) is 10.6 Å². The largest absolute Gasteiger partial charge is 0.493 e. The van der Waals surface area contributed by atoms with E-state index in [4.69, 9.17) is 27.9 Å². The van der Waals surface area contributed by atoms with Crippen molar-refractivity contribution in [3.8, 4) is 5.75 Å². The topological polar surface area (TPSA) is 76.1 Å². The molecule has 0 atom stereocenters. The average molecular weight is 469 g/mol. The Morgan fingerprint density at radius 1 is 1.14 bits per heavy atom. The molecule has 0 aliphatic rings. The van der Waals surface area contributed by atoms with Gasteiger partial charge in [-0.1, -0.05) is 52.2 Å². The number of hydrogen-bond donors (Lipinski definition) is 2. The number of hydrogen-bond acceptors (Lipinski definition) is 6. The highest BCUT2D eigenvalue weighted by Crippen LogP contribution is 2.26. The van der Waals surface area contributed by atoms with E-state index in [2.05, 4.69) is 20.8 Å². The molecule has 3 rings (SSSR count). The zero-order chi connectivity index (χ0) is 20.6. The maximum absolute atomic E-state index is 12.1. The monoisotopic (exact) mass is 468 g/mol. The summed E-state index contributed by atoms with van der Waals surface area (Å²) >= 11 is 14.9. The molecule has 1 aromatic heterocycles. The van der Waals surface area contributed by atoms with Gasteiger partial charge in [-0.25, -0.2) is 4.79 Å². The van der Waals surface area contributed by atoms with E-state index in [0.717, 1.165) is 16.5 Å². The van der Waals surface area contributed by atoms with Crippen LogP contribution < -0.4 is 15.4 Å². The molecule has 0 fully saturated rings. The first-order valence-corrected chi connectivity index (χ1v) is 11.3. The number of aryl methyl sites for hydroxylation is 1. The lowest BCUT2D eigenvalue weighted by molar-refractivity contribution is 0.262. The SMILES string of the molecule is Cc1ccc(OCCSCc2nnc(NC(=O)Nc3ccc(Cl)cc3Cl)s2)cc1. The summed E-state index contributed by atoms with van der Waals surface area (Å²) in [5, 5.41) is 15.5. The molecule has 29 heavy (non-hydrogen) atoms. The summed E-state index contributed by atoms with van der Waals surface area (Å²) in [5.41, 5.74) is 1.67. The fraction of sp³-hybridized carbons (Fsp3) is 0.211. The van der Waals surface area contributed by atoms with Gasteiger partial charge in [-0.3, -0.25) is 5.32 Å². The van der Waals surface area contributed by atoms with Crippen LogP contribution in [0.5, 0.6) is 5.75 Å². The number of urea groups is 1. The van der Waals surface area contributed by atoms with Gasteiger partial charge in [-0.05, 0) is 37.3 Å². The Kier molecular flexibility index (Phi) is 8.00. The van der Waals surface area contributed by atoms with Gasteiger partial charge >= 0.3 is 6.03 Å². The molecular formula is C19H18Cl2N4O2S2. The molecule has 0 saturated carbocycles. The predicted octanol–water partition coefficient (Wildman–Crippen LogP) is 6.11. The van der Waals surface area contributed by atoms with E-state index in [1.165, 1.54) is 16.9 Å². The third-order valence-electron chi connectivity index (χ3n) is 3.61. The van der Waals surface area contributed by atoms with Crippen molar-refractivity contribution in [1.82, 2.24) is 10.2 Å². The van der Waals surface area contributed by atoms with Crippen LogP contribution in [-0.4, -0.2) is 28.6 Å².